The van der Waals surface area contributed by atoms with Crippen molar-refractivity contribution in [3.8, 4) is 0 Å². The number of nitrogens with zero attached hydrogens (tertiary/aromatic N) is 3. The fraction of sp³-hybridized carbons (Fsp3) is 0.636. The molecule has 1 aromatic rings. The number of amides is 1. The first-order valence-corrected chi connectivity index (χ1v) is 10.8. The molecular weight excluding hydrogens is 477 g/mol. The third-order valence-electron chi connectivity index (χ3n) is 5.67. The third kappa shape index (κ3) is 7.44. The van der Waals surface area contributed by atoms with Crippen molar-refractivity contribution in [2.75, 3.05) is 32.7 Å². The Hall–Kier alpha value is -1.35. The topological polar surface area (TPSA) is 60.0 Å². The van der Waals surface area contributed by atoms with E-state index in [4.69, 9.17) is 0 Å². The van der Waals surface area contributed by atoms with Gasteiger partial charge in [0.2, 0.25) is 5.91 Å². The highest BCUT2D eigenvalue weighted by Crippen LogP contribution is 2.20. The molecule has 0 saturated carbocycles. The molecular formula is C22H36IN5O. The van der Waals surface area contributed by atoms with Crippen molar-refractivity contribution in [1.29, 1.82) is 0 Å². The Balaban J connectivity index is 0.00000300. The maximum Gasteiger partial charge on any atom is 0.224 e. The summed E-state index contributed by atoms with van der Waals surface area (Å²) in [6, 6.07) is 11.6. The van der Waals surface area contributed by atoms with Gasteiger partial charge in [0.15, 0.2) is 5.96 Å². The number of carbonyl (C=O) groups is 1. The molecule has 7 heteroatoms. The van der Waals surface area contributed by atoms with Crippen LogP contribution in [0.3, 0.4) is 0 Å². The standard InChI is InChI=1S/C22H35N5O.HI/c1-3-23-22(24-12-11-21(28)26-13-7-8-14-26)25-20-15-18(2)27(17-20)16-19-9-5-4-6-10-19;/h4-6,9-10,18,20H,3,7-8,11-17H2,1-2H3,(H2,23,24,25);1H. The van der Waals surface area contributed by atoms with Crippen LogP contribution in [-0.2, 0) is 11.3 Å². The van der Waals surface area contributed by atoms with Crippen LogP contribution in [0.15, 0.2) is 35.3 Å². The summed E-state index contributed by atoms with van der Waals surface area (Å²) in [5, 5.41) is 6.91. The lowest BCUT2D eigenvalue weighted by molar-refractivity contribution is -0.129. The molecule has 2 saturated heterocycles. The van der Waals surface area contributed by atoms with Gasteiger partial charge in [0, 0.05) is 51.2 Å². The van der Waals surface area contributed by atoms with E-state index in [1.165, 1.54) is 5.56 Å². The molecule has 2 heterocycles. The van der Waals surface area contributed by atoms with Crippen LogP contribution in [-0.4, -0.2) is 66.5 Å². The average Bonchev–Trinajstić information content (AvgIpc) is 3.33. The molecule has 2 atom stereocenters. The summed E-state index contributed by atoms with van der Waals surface area (Å²) in [6.07, 6.45) is 3.87. The number of hydrogen-bond acceptors (Lipinski definition) is 3. The maximum absolute atomic E-state index is 12.2. The molecule has 0 aromatic heterocycles. The molecule has 2 aliphatic rings. The second-order valence-corrected chi connectivity index (χ2v) is 7.94. The molecule has 3 rings (SSSR count). The minimum absolute atomic E-state index is 0. The average molecular weight is 513 g/mol. The van der Waals surface area contributed by atoms with E-state index >= 15 is 0 Å². The third-order valence-corrected chi connectivity index (χ3v) is 5.67. The monoisotopic (exact) mass is 513 g/mol. The summed E-state index contributed by atoms with van der Waals surface area (Å²) in [5.41, 5.74) is 1.36. The highest BCUT2D eigenvalue weighted by molar-refractivity contribution is 14.0. The minimum atomic E-state index is 0. The maximum atomic E-state index is 12.2. The van der Waals surface area contributed by atoms with E-state index in [2.05, 4.69) is 64.7 Å². The van der Waals surface area contributed by atoms with Crippen LogP contribution in [0, 0.1) is 0 Å². The van der Waals surface area contributed by atoms with Crippen LogP contribution in [0.4, 0.5) is 0 Å². The summed E-state index contributed by atoms with van der Waals surface area (Å²) >= 11 is 0. The van der Waals surface area contributed by atoms with Crippen LogP contribution in [0.25, 0.3) is 0 Å². The summed E-state index contributed by atoms with van der Waals surface area (Å²) in [5.74, 6) is 1.07. The molecule has 2 aliphatic heterocycles. The van der Waals surface area contributed by atoms with Gasteiger partial charge >= 0.3 is 0 Å². The van der Waals surface area contributed by atoms with Crippen molar-refractivity contribution < 1.29 is 4.79 Å². The van der Waals surface area contributed by atoms with Crippen molar-refractivity contribution in [2.24, 2.45) is 4.99 Å². The number of nitrogens with one attached hydrogen (secondary N) is 2. The second kappa shape index (κ2) is 12.4. The molecule has 2 unspecified atom stereocenters. The first-order chi connectivity index (χ1) is 13.7. The van der Waals surface area contributed by atoms with E-state index in [9.17, 15) is 4.79 Å². The van der Waals surface area contributed by atoms with Crippen LogP contribution >= 0.6 is 24.0 Å². The van der Waals surface area contributed by atoms with Gasteiger partial charge in [-0.2, -0.15) is 0 Å². The van der Waals surface area contributed by atoms with Crippen molar-refractivity contribution in [3.63, 3.8) is 0 Å². The number of aliphatic imine (C=N–C) groups is 1. The molecule has 162 valence electrons. The van der Waals surface area contributed by atoms with E-state index in [-0.39, 0.29) is 29.9 Å². The predicted octanol–water partition coefficient (Wildman–Crippen LogP) is 2.84. The number of guanidine groups is 1. The lowest BCUT2D eigenvalue weighted by Crippen LogP contribution is -2.44. The molecule has 2 fully saturated rings. The first-order valence-electron chi connectivity index (χ1n) is 10.8. The SMILES string of the molecule is CCNC(=NCCC(=O)N1CCCC1)NC1CC(C)N(Cc2ccccc2)C1.I. The molecule has 6 nitrogen and oxygen atoms in total. The molecule has 29 heavy (non-hydrogen) atoms. The Kier molecular flexibility index (Phi) is 10.2. The van der Waals surface area contributed by atoms with Crippen LogP contribution < -0.4 is 10.6 Å². The van der Waals surface area contributed by atoms with Crippen LogP contribution in [0.1, 0.15) is 45.1 Å². The van der Waals surface area contributed by atoms with E-state index < -0.39 is 0 Å². The minimum Gasteiger partial charge on any atom is -0.357 e. The lowest BCUT2D eigenvalue weighted by atomic mass is 10.2. The Morgan fingerprint density at radius 2 is 1.93 bits per heavy atom. The van der Waals surface area contributed by atoms with E-state index in [0.717, 1.165) is 57.9 Å². The first kappa shape index (κ1) is 23.9. The number of rotatable bonds is 7. The number of hydrogen-bond donors (Lipinski definition) is 2. The van der Waals surface area contributed by atoms with Crippen LogP contribution in [0.5, 0.6) is 0 Å². The Bertz CT molecular complexity index is 648. The highest BCUT2D eigenvalue weighted by Gasteiger charge is 2.29. The summed E-state index contributed by atoms with van der Waals surface area (Å²) < 4.78 is 0. The van der Waals surface area contributed by atoms with Crippen LogP contribution in [0.2, 0.25) is 0 Å². The zero-order valence-corrected chi connectivity index (χ0v) is 20.1. The van der Waals surface area contributed by atoms with Crippen molar-refractivity contribution >= 4 is 35.8 Å². The quantitative estimate of drug-likeness (QED) is 0.335. The lowest BCUT2D eigenvalue weighted by Gasteiger charge is -2.21. The zero-order valence-electron chi connectivity index (χ0n) is 17.8. The van der Waals surface area contributed by atoms with Gasteiger partial charge in [-0.1, -0.05) is 30.3 Å². The Morgan fingerprint density at radius 3 is 2.62 bits per heavy atom. The van der Waals surface area contributed by atoms with Gasteiger partial charge in [-0.25, -0.2) is 0 Å². The fourth-order valence-corrected chi connectivity index (χ4v) is 4.14. The van der Waals surface area contributed by atoms with E-state index in [0.29, 0.717) is 25.0 Å². The normalized spacial score (nSPS) is 22.4. The fourth-order valence-electron chi connectivity index (χ4n) is 4.14. The van der Waals surface area contributed by atoms with Crippen molar-refractivity contribution in [2.45, 2.75) is 58.2 Å². The molecule has 2 N–H and O–H groups in total. The van der Waals surface area contributed by atoms with Crippen molar-refractivity contribution in [3.05, 3.63) is 35.9 Å². The molecule has 0 aliphatic carbocycles. The molecule has 0 spiro atoms. The van der Waals surface area contributed by atoms with Gasteiger partial charge < -0.3 is 15.5 Å². The highest BCUT2D eigenvalue weighted by atomic mass is 127. The summed E-state index contributed by atoms with van der Waals surface area (Å²) in [7, 11) is 0. The van der Waals surface area contributed by atoms with E-state index in [1.54, 1.807) is 0 Å². The molecule has 0 bridgehead atoms. The van der Waals surface area contributed by atoms with Gasteiger partial charge in [-0.15, -0.1) is 24.0 Å². The number of carbonyl (C=O) groups excluding carboxylic acids is 1. The molecule has 1 amide bonds. The van der Waals surface area contributed by atoms with Gasteiger partial charge in [0.25, 0.3) is 0 Å². The zero-order chi connectivity index (χ0) is 19.8. The second-order valence-electron chi connectivity index (χ2n) is 7.94. The predicted molar refractivity (Wildman–Crippen MR) is 130 cm³/mol. The number of likely N-dealkylation sites (tertiary alicyclic amines) is 2. The summed E-state index contributed by atoms with van der Waals surface area (Å²) in [6.45, 7) is 9.55. The van der Waals surface area contributed by atoms with Gasteiger partial charge in [0.1, 0.15) is 0 Å². The van der Waals surface area contributed by atoms with Gasteiger partial charge in [0.05, 0.1) is 6.54 Å². The van der Waals surface area contributed by atoms with Crippen molar-refractivity contribution in [1.82, 2.24) is 20.4 Å². The Labute approximate surface area is 192 Å². The molecule has 0 radical (unpaired) electrons. The van der Waals surface area contributed by atoms with E-state index in [1.807, 2.05) is 4.90 Å². The Morgan fingerprint density at radius 1 is 1.21 bits per heavy atom. The number of benzene rings is 1. The largest absolute Gasteiger partial charge is 0.357 e. The van der Waals surface area contributed by atoms with Gasteiger partial charge in [-0.3, -0.25) is 14.7 Å². The summed E-state index contributed by atoms with van der Waals surface area (Å²) in [4.78, 5) is 21.3. The van der Waals surface area contributed by atoms with Gasteiger partial charge in [-0.05, 0) is 38.7 Å². The smallest absolute Gasteiger partial charge is 0.224 e. The number of halogens is 1. The molecule has 1 aromatic carbocycles.